The summed E-state index contributed by atoms with van der Waals surface area (Å²) in [4.78, 5) is 11.7. The van der Waals surface area contributed by atoms with E-state index in [0.29, 0.717) is 12.0 Å². The minimum Gasteiger partial charge on any atom is -0.294 e. The molecule has 0 spiro atoms. The molecule has 0 aliphatic rings. The van der Waals surface area contributed by atoms with Crippen molar-refractivity contribution in [3.05, 3.63) is 65.7 Å². The minimum atomic E-state index is -3.62. The third-order valence-electron chi connectivity index (χ3n) is 3.44. The van der Waals surface area contributed by atoms with E-state index < -0.39 is 10.0 Å². The van der Waals surface area contributed by atoms with Crippen molar-refractivity contribution in [3.8, 4) is 0 Å². The number of hydrogen-bond donors (Lipinski definition) is 1. The molecule has 1 atom stereocenters. The monoisotopic (exact) mass is 317 g/mol. The lowest BCUT2D eigenvalue weighted by atomic mass is 10.1. The fraction of sp³-hybridized carbons (Fsp3) is 0.235. The molecule has 0 heterocycles. The predicted molar refractivity (Wildman–Crippen MR) is 86.2 cm³/mol. The van der Waals surface area contributed by atoms with Gasteiger partial charge in [-0.1, -0.05) is 49.4 Å². The third-order valence-corrected chi connectivity index (χ3v) is 5.00. The highest BCUT2D eigenvalue weighted by Crippen LogP contribution is 2.17. The van der Waals surface area contributed by atoms with E-state index >= 15 is 0 Å². The number of Topliss-reactive ketones (excluding diaryl/α,β-unsaturated/α-hetero) is 1. The second kappa shape index (κ2) is 6.85. The number of ketones is 1. The quantitative estimate of drug-likeness (QED) is 0.831. The fourth-order valence-electron chi connectivity index (χ4n) is 2.13. The first-order valence-electron chi connectivity index (χ1n) is 7.14. The van der Waals surface area contributed by atoms with Crippen molar-refractivity contribution >= 4 is 15.8 Å². The zero-order chi connectivity index (χ0) is 16.2. The van der Waals surface area contributed by atoms with Crippen molar-refractivity contribution < 1.29 is 13.2 Å². The molecule has 1 unspecified atom stereocenters. The maximum atomic E-state index is 12.4. The van der Waals surface area contributed by atoms with Crippen molar-refractivity contribution in [1.29, 1.82) is 0 Å². The molecule has 0 fully saturated rings. The Morgan fingerprint density at radius 2 is 1.64 bits per heavy atom. The van der Waals surface area contributed by atoms with Gasteiger partial charge in [-0.05, 0) is 24.6 Å². The first-order valence-corrected chi connectivity index (χ1v) is 8.63. The molecule has 0 aliphatic carbocycles. The Hall–Kier alpha value is -1.98. The van der Waals surface area contributed by atoms with Gasteiger partial charge < -0.3 is 0 Å². The van der Waals surface area contributed by atoms with Crippen LogP contribution in [0.3, 0.4) is 0 Å². The minimum absolute atomic E-state index is 0.00504. The van der Waals surface area contributed by atoms with E-state index in [1.54, 1.807) is 26.0 Å². The molecule has 0 amide bonds. The maximum Gasteiger partial charge on any atom is 0.241 e. The first kappa shape index (κ1) is 16.4. The smallest absolute Gasteiger partial charge is 0.241 e. The summed E-state index contributed by atoms with van der Waals surface area (Å²) in [5.41, 5.74) is 1.42. The van der Waals surface area contributed by atoms with Crippen LogP contribution in [-0.2, 0) is 10.0 Å². The van der Waals surface area contributed by atoms with Gasteiger partial charge in [-0.2, -0.15) is 0 Å². The number of carbonyl (C=O) groups excluding carboxylic acids is 1. The SMILES string of the molecule is CCC(=O)c1ccc(S(=O)(=O)NC(C)c2ccccc2)cc1. The molecule has 2 rings (SSSR count). The summed E-state index contributed by atoms with van der Waals surface area (Å²) < 4.78 is 27.4. The zero-order valence-corrected chi connectivity index (χ0v) is 13.4. The largest absolute Gasteiger partial charge is 0.294 e. The van der Waals surface area contributed by atoms with Crippen LogP contribution in [0.15, 0.2) is 59.5 Å². The first-order chi connectivity index (χ1) is 10.4. The van der Waals surface area contributed by atoms with Crippen LogP contribution in [0.5, 0.6) is 0 Å². The summed E-state index contributed by atoms with van der Waals surface area (Å²) in [6, 6.07) is 15.0. The molecular weight excluding hydrogens is 298 g/mol. The Balaban J connectivity index is 2.18. The molecule has 4 nitrogen and oxygen atoms in total. The molecule has 2 aromatic rings. The number of hydrogen-bond acceptors (Lipinski definition) is 3. The average molecular weight is 317 g/mol. The van der Waals surface area contributed by atoms with Crippen molar-refractivity contribution in [2.24, 2.45) is 0 Å². The molecule has 0 saturated carbocycles. The van der Waals surface area contributed by atoms with Gasteiger partial charge in [0.05, 0.1) is 4.90 Å². The van der Waals surface area contributed by atoms with Gasteiger partial charge in [-0.3, -0.25) is 4.79 Å². The summed E-state index contributed by atoms with van der Waals surface area (Å²) in [7, 11) is -3.62. The van der Waals surface area contributed by atoms with Crippen molar-refractivity contribution in [2.45, 2.75) is 31.2 Å². The Bertz CT molecular complexity index is 737. The van der Waals surface area contributed by atoms with Crippen LogP contribution in [0.2, 0.25) is 0 Å². The molecular formula is C17H19NO3S. The van der Waals surface area contributed by atoms with Crippen LogP contribution in [0.25, 0.3) is 0 Å². The molecule has 0 saturated heterocycles. The number of rotatable bonds is 6. The van der Waals surface area contributed by atoms with E-state index in [0.717, 1.165) is 5.56 Å². The van der Waals surface area contributed by atoms with Gasteiger partial charge in [-0.15, -0.1) is 0 Å². The Labute approximate surface area is 131 Å². The van der Waals surface area contributed by atoms with Crippen LogP contribution in [0, 0.1) is 0 Å². The van der Waals surface area contributed by atoms with Crippen molar-refractivity contribution in [1.82, 2.24) is 4.72 Å². The Kier molecular flexibility index (Phi) is 5.11. The van der Waals surface area contributed by atoms with Crippen molar-refractivity contribution in [2.75, 3.05) is 0 Å². The number of sulfonamides is 1. The van der Waals surface area contributed by atoms with Crippen LogP contribution >= 0.6 is 0 Å². The van der Waals surface area contributed by atoms with Gasteiger partial charge >= 0.3 is 0 Å². The molecule has 2 aromatic carbocycles. The standard InChI is InChI=1S/C17H19NO3S/c1-3-17(19)15-9-11-16(12-10-15)22(20,21)18-13(2)14-7-5-4-6-8-14/h4-13,18H,3H2,1-2H3. The summed E-state index contributed by atoms with van der Waals surface area (Å²) in [5.74, 6) is -0.00504. The van der Waals surface area contributed by atoms with E-state index in [1.807, 2.05) is 30.3 Å². The summed E-state index contributed by atoms with van der Waals surface area (Å²) in [6.07, 6.45) is 0.398. The van der Waals surface area contributed by atoms with Gasteiger partial charge in [0.25, 0.3) is 0 Å². The van der Waals surface area contributed by atoms with Gasteiger partial charge in [-0.25, -0.2) is 13.1 Å². The molecule has 0 radical (unpaired) electrons. The average Bonchev–Trinajstić information content (AvgIpc) is 2.54. The highest BCUT2D eigenvalue weighted by Gasteiger charge is 2.18. The van der Waals surface area contributed by atoms with E-state index in [1.165, 1.54) is 12.1 Å². The van der Waals surface area contributed by atoms with E-state index in [2.05, 4.69) is 4.72 Å². The van der Waals surface area contributed by atoms with Gasteiger partial charge in [0, 0.05) is 18.0 Å². The highest BCUT2D eigenvalue weighted by atomic mass is 32.2. The molecule has 1 N–H and O–H groups in total. The summed E-state index contributed by atoms with van der Waals surface area (Å²) >= 11 is 0. The Morgan fingerprint density at radius 1 is 1.05 bits per heavy atom. The van der Waals surface area contributed by atoms with Crippen LogP contribution in [0.1, 0.15) is 42.2 Å². The van der Waals surface area contributed by atoms with Gasteiger partial charge in [0.15, 0.2) is 5.78 Å². The van der Waals surface area contributed by atoms with E-state index in [4.69, 9.17) is 0 Å². The molecule has 22 heavy (non-hydrogen) atoms. The zero-order valence-electron chi connectivity index (χ0n) is 12.6. The Morgan fingerprint density at radius 3 is 2.18 bits per heavy atom. The normalized spacial score (nSPS) is 12.8. The molecule has 0 bridgehead atoms. The highest BCUT2D eigenvalue weighted by molar-refractivity contribution is 7.89. The third kappa shape index (κ3) is 3.81. The van der Waals surface area contributed by atoms with E-state index in [-0.39, 0.29) is 16.7 Å². The van der Waals surface area contributed by atoms with Crippen LogP contribution < -0.4 is 4.72 Å². The lowest BCUT2D eigenvalue weighted by Gasteiger charge is -2.14. The molecule has 116 valence electrons. The fourth-order valence-corrected chi connectivity index (χ4v) is 3.37. The predicted octanol–water partition coefficient (Wildman–Crippen LogP) is 3.32. The number of carbonyl (C=O) groups is 1. The topological polar surface area (TPSA) is 63.2 Å². The maximum absolute atomic E-state index is 12.4. The molecule has 5 heteroatoms. The summed E-state index contributed by atoms with van der Waals surface area (Å²) in [5, 5.41) is 0. The van der Waals surface area contributed by atoms with E-state index in [9.17, 15) is 13.2 Å². The molecule has 0 aliphatic heterocycles. The lowest BCUT2D eigenvalue weighted by Crippen LogP contribution is -2.26. The summed E-state index contributed by atoms with van der Waals surface area (Å²) in [6.45, 7) is 3.57. The second-order valence-corrected chi connectivity index (χ2v) is 6.77. The second-order valence-electron chi connectivity index (χ2n) is 5.05. The number of nitrogens with one attached hydrogen (secondary N) is 1. The van der Waals surface area contributed by atoms with Crippen LogP contribution in [-0.4, -0.2) is 14.2 Å². The lowest BCUT2D eigenvalue weighted by molar-refractivity contribution is 0.0988. The molecule has 0 aromatic heterocycles. The van der Waals surface area contributed by atoms with Gasteiger partial charge in [0.2, 0.25) is 10.0 Å². The van der Waals surface area contributed by atoms with Gasteiger partial charge in [0.1, 0.15) is 0 Å². The van der Waals surface area contributed by atoms with Crippen molar-refractivity contribution in [3.63, 3.8) is 0 Å². The number of benzene rings is 2. The van der Waals surface area contributed by atoms with Crippen LogP contribution in [0.4, 0.5) is 0 Å².